The number of nitrogens with two attached hydrogens (primary N) is 1. The number of hydrogen-bond acceptors (Lipinski definition) is 2. The van der Waals surface area contributed by atoms with Gasteiger partial charge in [0.1, 0.15) is 0 Å². The van der Waals surface area contributed by atoms with Crippen LogP contribution in [0.1, 0.15) is 31.4 Å². The van der Waals surface area contributed by atoms with Gasteiger partial charge in [-0.3, -0.25) is 0 Å². The van der Waals surface area contributed by atoms with Gasteiger partial charge in [0.05, 0.1) is 12.1 Å². The van der Waals surface area contributed by atoms with Crippen LogP contribution in [0.15, 0.2) is 18.2 Å². The normalized spacial score (nSPS) is 14.1. The van der Waals surface area contributed by atoms with Crippen LogP contribution in [0.25, 0.3) is 0 Å². The van der Waals surface area contributed by atoms with Crippen LogP contribution in [0.5, 0.6) is 0 Å². The molecule has 0 radical (unpaired) electrons. The average molecular weight is 252 g/mol. The summed E-state index contributed by atoms with van der Waals surface area (Å²) in [4.78, 5) is 0. The zero-order valence-corrected chi connectivity index (χ0v) is 9.81. The molecule has 0 fully saturated rings. The smallest absolute Gasteiger partial charge is 0.159 e. The molecular weight excluding hydrogens is 236 g/mol. The van der Waals surface area contributed by atoms with Crippen LogP contribution in [0.3, 0.4) is 0 Å². The highest BCUT2D eigenvalue weighted by Gasteiger charge is 2.17. The Morgan fingerprint density at radius 2 is 1.94 bits per heavy atom. The van der Waals surface area contributed by atoms with Gasteiger partial charge in [-0.15, -0.1) is 12.4 Å². The van der Waals surface area contributed by atoms with E-state index in [0.717, 1.165) is 18.6 Å². The Morgan fingerprint density at radius 1 is 1.31 bits per heavy atom. The van der Waals surface area contributed by atoms with Crippen LogP contribution in [0.2, 0.25) is 0 Å². The van der Waals surface area contributed by atoms with E-state index in [1.54, 1.807) is 0 Å². The van der Waals surface area contributed by atoms with Gasteiger partial charge in [-0.2, -0.15) is 0 Å². The van der Waals surface area contributed by atoms with Gasteiger partial charge in [0.15, 0.2) is 11.6 Å². The van der Waals surface area contributed by atoms with Gasteiger partial charge in [0.25, 0.3) is 0 Å². The van der Waals surface area contributed by atoms with E-state index >= 15 is 0 Å². The summed E-state index contributed by atoms with van der Waals surface area (Å²) in [5.74, 6) is -1.84. The van der Waals surface area contributed by atoms with Crippen LogP contribution in [0, 0.1) is 11.6 Å². The molecule has 2 nitrogen and oxygen atoms in total. The molecule has 92 valence electrons. The summed E-state index contributed by atoms with van der Waals surface area (Å²) < 4.78 is 25.5. The molecule has 0 amide bonds. The molecule has 3 N–H and O–H groups in total. The van der Waals surface area contributed by atoms with Crippen LogP contribution >= 0.6 is 12.4 Å². The number of aliphatic hydroxyl groups is 1. The van der Waals surface area contributed by atoms with E-state index < -0.39 is 23.8 Å². The maximum absolute atomic E-state index is 12.9. The lowest BCUT2D eigenvalue weighted by atomic mass is 9.99. The molecule has 1 rings (SSSR count). The van der Waals surface area contributed by atoms with Crippen molar-refractivity contribution >= 4 is 12.4 Å². The third-order valence-corrected chi connectivity index (χ3v) is 2.33. The molecule has 0 unspecified atom stereocenters. The Morgan fingerprint density at radius 3 is 2.44 bits per heavy atom. The monoisotopic (exact) mass is 251 g/mol. The highest BCUT2D eigenvalue weighted by Crippen LogP contribution is 2.19. The quantitative estimate of drug-likeness (QED) is 0.864. The fourth-order valence-electron chi connectivity index (χ4n) is 1.42. The Labute approximate surface area is 99.9 Å². The molecule has 0 heterocycles. The first-order valence-electron chi connectivity index (χ1n) is 4.94. The highest BCUT2D eigenvalue weighted by molar-refractivity contribution is 5.85. The summed E-state index contributed by atoms with van der Waals surface area (Å²) >= 11 is 0. The highest BCUT2D eigenvalue weighted by atomic mass is 35.5. The molecule has 5 heteroatoms. The van der Waals surface area contributed by atoms with E-state index in [1.165, 1.54) is 6.07 Å². The fraction of sp³-hybridized carbons (Fsp3) is 0.455. The Kier molecular flexibility index (Phi) is 6.48. The third kappa shape index (κ3) is 3.70. The summed E-state index contributed by atoms with van der Waals surface area (Å²) in [6.07, 6.45) is 0.610. The Hall–Kier alpha value is -0.710. The van der Waals surface area contributed by atoms with Gasteiger partial charge in [0.2, 0.25) is 0 Å². The van der Waals surface area contributed by atoms with E-state index in [4.69, 9.17) is 5.73 Å². The standard InChI is InChI=1S/C11H15F2NO.ClH/c1-2-3-10(15)11(14)7-4-5-8(12)9(13)6-7;/h4-6,10-11,15H,2-3,14H2,1H3;1H/t10-,11+;/m1./s1. The second kappa shape index (κ2) is 6.78. The summed E-state index contributed by atoms with van der Waals surface area (Å²) in [6, 6.07) is 2.77. The van der Waals surface area contributed by atoms with E-state index in [2.05, 4.69) is 0 Å². The molecule has 2 atom stereocenters. The summed E-state index contributed by atoms with van der Waals surface area (Å²) in [7, 11) is 0. The van der Waals surface area contributed by atoms with Crippen LogP contribution in [0.4, 0.5) is 8.78 Å². The minimum absolute atomic E-state index is 0. The minimum atomic E-state index is -0.938. The van der Waals surface area contributed by atoms with Gasteiger partial charge in [-0.1, -0.05) is 19.4 Å². The van der Waals surface area contributed by atoms with Crippen molar-refractivity contribution in [1.29, 1.82) is 0 Å². The largest absolute Gasteiger partial charge is 0.391 e. The first kappa shape index (κ1) is 15.3. The maximum atomic E-state index is 12.9. The zero-order chi connectivity index (χ0) is 11.4. The number of benzene rings is 1. The molecule has 0 aliphatic heterocycles. The lowest BCUT2D eigenvalue weighted by Crippen LogP contribution is -2.26. The molecule has 16 heavy (non-hydrogen) atoms. The van der Waals surface area contributed by atoms with Gasteiger partial charge in [-0.05, 0) is 24.1 Å². The van der Waals surface area contributed by atoms with Crippen molar-refractivity contribution in [3.05, 3.63) is 35.4 Å². The lowest BCUT2D eigenvalue weighted by molar-refractivity contribution is 0.134. The van der Waals surface area contributed by atoms with Gasteiger partial charge >= 0.3 is 0 Å². The minimum Gasteiger partial charge on any atom is -0.391 e. The second-order valence-corrected chi connectivity index (χ2v) is 3.56. The van der Waals surface area contributed by atoms with Crippen molar-refractivity contribution in [3.8, 4) is 0 Å². The third-order valence-electron chi connectivity index (χ3n) is 2.33. The van der Waals surface area contributed by atoms with Crippen molar-refractivity contribution in [3.63, 3.8) is 0 Å². The van der Waals surface area contributed by atoms with Crippen molar-refractivity contribution in [2.45, 2.75) is 31.9 Å². The number of hydrogen-bond donors (Lipinski definition) is 2. The molecule has 0 saturated heterocycles. The van der Waals surface area contributed by atoms with E-state index in [1.807, 2.05) is 6.92 Å². The van der Waals surface area contributed by atoms with E-state index in [-0.39, 0.29) is 12.4 Å². The molecule has 0 spiro atoms. The van der Waals surface area contributed by atoms with Crippen molar-refractivity contribution < 1.29 is 13.9 Å². The fourth-order valence-corrected chi connectivity index (χ4v) is 1.42. The second-order valence-electron chi connectivity index (χ2n) is 3.56. The molecule has 1 aromatic rings. The molecule has 0 aliphatic carbocycles. The molecule has 0 aromatic heterocycles. The van der Waals surface area contributed by atoms with Crippen molar-refractivity contribution in [2.75, 3.05) is 0 Å². The average Bonchev–Trinajstić information content (AvgIpc) is 2.21. The lowest BCUT2D eigenvalue weighted by Gasteiger charge is -2.18. The van der Waals surface area contributed by atoms with Crippen LogP contribution < -0.4 is 5.73 Å². The molecule has 0 bridgehead atoms. The summed E-state index contributed by atoms with van der Waals surface area (Å²) in [5, 5.41) is 9.59. The number of aliphatic hydroxyl groups excluding tert-OH is 1. The molecule has 1 aromatic carbocycles. The van der Waals surface area contributed by atoms with E-state index in [0.29, 0.717) is 12.0 Å². The topological polar surface area (TPSA) is 46.2 Å². The Bertz CT molecular complexity index is 336. The van der Waals surface area contributed by atoms with Gasteiger partial charge in [-0.25, -0.2) is 8.78 Å². The van der Waals surface area contributed by atoms with Crippen molar-refractivity contribution in [1.82, 2.24) is 0 Å². The predicted molar refractivity (Wildman–Crippen MR) is 61.4 cm³/mol. The Balaban J connectivity index is 0.00000225. The SMILES string of the molecule is CCC[C@@H](O)[C@@H](N)c1ccc(F)c(F)c1.Cl. The first-order chi connectivity index (χ1) is 7.06. The summed E-state index contributed by atoms with van der Waals surface area (Å²) in [5.41, 5.74) is 6.12. The van der Waals surface area contributed by atoms with Crippen molar-refractivity contribution in [2.24, 2.45) is 5.73 Å². The number of rotatable bonds is 4. The maximum Gasteiger partial charge on any atom is 0.159 e. The molecular formula is C11H16ClF2NO. The van der Waals surface area contributed by atoms with Crippen LogP contribution in [-0.2, 0) is 0 Å². The summed E-state index contributed by atoms with van der Waals surface area (Å²) in [6.45, 7) is 1.92. The number of halogens is 3. The zero-order valence-electron chi connectivity index (χ0n) is 8.99. The van der Waals surface area contributed by atoms with E-state index in [9.17, 15) is 13.9 Å². The molecule has 0 saturated carbocycles. The molecule has 0 aliphatic rings. The van der Waals surface area contributed by atoms with Gasteiger partial charge < -0.3 is 10.8 Å². The predicted octanol–water partition coefficient (Wildman–Crippen LogP) is 2.55. The van der Waals surface area contributed by atoms with Gasteiger partial charge in [0, 0.05) is 0 Å². The van der Waals surface area contributed by atoms with Crippen LogP contribution in [-0.4, -0.2) is 11.2 Å². The first-order valence-corrected chi connectivity index (χ1v) is 4.94.